The van der Waals surface area contributed by atoms with E-state index in [-0.39, 0.29) is 11.7 Å². The van der Waals surface area contributed by atoms with Crippen LogP contribution in [0.3, 0.4) is 0 Å². The summed E-state index contributed by atoms with van der Waals surface area (Å²) in [5.74, 6) is -0.629. The Labute approximate surface area is 143 Å². The zero-order chi connectivity index (χ0) is 16.4. The molecule has 1 amide bonds. The number of benzene rings is 1. The van der Waals surface area contributed by atoms with Gasteiger partial charge in [-0.2, -0.15) is 0 Å². The summed E-state index contributed by atoms with van der Waals surface area (Å²) in [4.78, 5) is 16.3. The highest BCUT2D eigenvalue weighted by atomic mass is 79.9. The van der Waals surface area contributed by atoms with Crippen molar-refractivity contribution in [3.8, 4) is 17.0 Å². The van der Waals surface area contributed by atoms with Gasteiger partial charge in [-0.05, 0) is 34.1 Å². The van der Waals surface area contributed by atoms with E-state index in [9.17, 15) is 9.18 Å². The Kier molecular flexibility index (Phi) is 4.44. The zero-order valence-corrected chi connectivity index (χ0v) is 14.2. The monoisotopic (exact) mass is 396 g/mol. The Bertz CT molecular complexity index is 862. The quantitative estimate of drug-likeness (QED) is 0.701. The van der Waals surface area contributed by atoms with Gasteiger partial charge in [-0.3, -0.25) is 10.1 Å². The van der Waals surface area contributed by atoms with Crippen LogP contribution in [-0.2, 0) is 0 Å². The van der Waals surface area contributed by atoms with Crippen molar-refractivity contribution < 1.29 is 18.3 Å². The number of halogens is 2. The summed E-state index contributed by atoms with van der Waals surface area (Å²) in [5, 5.41) is 4.82. The van der Waals surface area contributed by atoms with Crippen molar-refractivity contribution >= 4 is 38.3 Å². The molecule has 2 heterocycles. The second kappa shape index (κ2) is 6.51. The maximum absolute atomic E-state index is 13.7. The standard InChI is InChI=1S/C15H10BrFN2O3S/c1-21-12-3-2-8(4-10(12)17)11-7-23-15(18-11)19-14(20)9-5-13(16)22-6-9/h2-7H,1H3,(H,18,19,20). The van der Waals surface area contributed by atoms with Crippen LogP contribution in [0.25, 0.3) is 11.3 Å². The van der Waals surface area contributed by atoms with E-state index in [1.807, 2.05) is 0 Å². The van der Waals surface area contributed by atoms with Crippen LogP contribution in [0.2, 0.25) is 0 Å². The Balaban J connectivity index is 1.78. The van der Waals surface area contributed by atoms with Gasteiger partial charge in [-0.15, -0.1) is 11.3 Å². The van der Waals surface area contributed by atoms with E-state index in [0.29, 0.717) is 26.6 Å². The van der Waals surface area contributed by atoms with Crippen LogP contribution in [0, 0.1) is 5.82 Å². The summed E-state index contributed by atoms with van der Waals surface area (Å²) in [7, 11) is 1.41. The maximum atomic E-state index is 13.7. The average molecular weight is 397 g/mol. The number of furan rings is 1. The fourth-order valence-corrected chi connectivity index (χ4v) is 2.94. The van der Waals surface area contributed by atoms with Gasteiger partial charge < -0.3 is 9.15 Å². The molecule has 0 fully saturated rings. The van der Waals surface area contributed by atoms with Gasteiger partial charge >= 0.3 is 0 Å². The minimum absolute atomic E-state index is 0.169. The van der Waals surface area contributed by atoms with E-state index in [2.05, 4.69) is 26.2 Å². The maximum Gasteiger partial charge on any atom is 0.260 e. The molecular weight excluding hydrogens is 387 g/mol. The zero-order valence-electron chi connectivity index (χ0n) is 11.8. The van der Waals surface area contributed by atoms with Gasteiger partial charge in [0.1, 0.15) is 6.26 Å². The van der Waals surface area contributed by atoms with Crippen molar-refractivity contribution in [3.63, 3.8) is 0 Å². The molecule has 1 N–H and O–H groups in total. The first kappa shape index (κ1) is 15.7. The van der Waals surface area contributed by atoms with E-state index in [1.54, 1.807) is 17.5 Å². The van der Waals surface area contributed by atoms with Crippen LogP contribution in [-0.4, -0.2) is 18.0 Å². The number of carbonyl (C=O) groups excluding carboxylic acids is 1. The Morgan fingerprint density at radius 2 is 2.26 bits per heavy atom. The predicted octanol–water partition coefficient (Wildman–Crippen LogP) is 4.57. The normalized spacial score (nSPS) is 10.6. The van der Waals surface area contributed by atoms with Crippen molar-refractivity contribution in [2.24, 2.45) is 0 Å². The number of carbonyl (C=O) groups is 1. The number of hydrogen-bond donors (Lipinski definition) is 1. The number of aromatic nitrogens is 1. The van der Waals surface area contributed by atoms with Gasteiger partial charge in [0.2, 0.25) is 0 Å². The lowest BCUT2D eigenvalue weighted by atomic mass is 10.1. The molecule has 0 spiro atoms. The van der Waals surface area contributed by atoms with Gasteiger partial charge in [-0.25, -0.2) is 9.37 Å². The topological polar surface area (TPSA) is 64.4 Å². The molecule has 0 radical (unpaired) electrons. The highest BCUT2D eigenvalue weighted by molar-refractivity contribution is 9.10. The first-order valence-corrected chi connectivity index (χ1v) is 8.09. The Morgan fingerprint density at radius 1 is 1.43 bits per heavy atom. The molecule has 8 heteroatoms. The SMILES string of the molecule is COc1ccc(-c2csc(NC(=O)c3coc(Br)c3)n2)cc1F. The van der Waals surface area contributed by atoms with Crippen LogP contribution < -0.4 is 10.1 Å². The second-order valence-corrected chi connectivity index (χ2v) is 6.12. The smallest absolute Gasteiger partial charge is 0.260 e. The molecule has 5 nitrogen and oxygen atoms in total. The number of amides is 1. The number of nitrogens with one attached hydrogen (secondary N) is 1. The van der Waals surface area contributed by atoms with E-state index in [0.717, 1.165) is 0 Å². The molecule has 118 valence electrons. The molecule has 3 rings (SSSR count). The van der Waals surface area contributed by atoms with Crippen LogP contribution >= 0.6 is 27.3 Å². The third kappa shape index (κ3) is 3.43. The van der Waals surface area contributed by atoms with Gasteiger partial charge in [0, 0.05) is 17.0 Å². The highest BCUT2D eigenvalue weighted by Gasteiger charge is 2.13. The van der Waals surface area contributed by atoms with Crippen LogP contribution in [0.4, 0.5) is 9.52 Å². The number of rotatable bonds is 4. The average Bonchev–Trinajstić information content (AvgIpc) is 3.16. The van der Waals surface area contributed by atoms with E-state index in [1.165, 1.54) is 36.8 Å². The van der Waals surface area contributed by atoms with Crippen LogP contribution in [0.15, 0.2) is 45.0 Å². The lowest BCUT2D eigenvalue weighted by Crippen LogP contribution is -2.10. The Hall–Kier alpha value is -2.19. The number of nitrogens with zero attached hydrogens (tertiary/aromatic N) is 1. The number of hydrogen-bond acceptors (Lipinski definition) is 5. The van der Waals surface area contributed by atoms with Gasteiger partial charge in [0.25, 0.3) is 5.91 Å². The van der Waals surface area contributed by atoms with Crippen LogP contribution in [0.1, 0.15) is 10.4 Å². The predicted molar refractivity (Wildman–Crippen MR) is 88.4 cm³/mol. The molecule has 2 aromatic heterocycles. The molecule has 0 aliphatic rings. The molecule has 0 aliphatic heterocycles. The minimum atomic E-state index is -0.466. The summed E-state index contributed by atoms with van der Waals surface area (Å²) < 4.78 is 24.1. The molecule has 1 aromatic carbocycles. The number of ether oxygens (including phenoxy) is 1. The Morgan fingerprint density at radius 3 is 2.91 bits per heavy atom. The van der Waals surface area contributed by atoms with Gasteiger partial charge in [0.05, 0.1) is 18.4 Å². The molecule has 0 atom stereocenters. The second-order valence-electron chi connectivity index (χ2n) is 4.48. The first-order chi connectivity index (χ1) is 11.1. The summed E-state index contributed by atoms with van der Waals surface area (Å²) in [5.41, 5.74) is 1.55. The molecule has 0 saturated heterocycles. The lowest BCUT2D eigenvalue weighted by molar-refractivity contribution is 0.102. The summed E-state index contributed by atoms with van der Waals surface area (Å²) in [6.45, 7) is 0. The number of methoxy groups -OCH3 is 1. The summed E-state index contributed by atoms with van der Waals surface area (Å²) in [6.07, 6.45) is 1.34. The van der Waals surface area contributed by atoms with Crippen molar-refractivity contribution in [3.05, 3.63) is 52.0 Å². The first-order valence-electron chi connectivity index (χ1n) is 6.41. The molecule has 0 aliphatic carbocycles. The third-order valence-corrected chi connectivity index (χ3v) is 4.18. The molecule has 0 bridgehead atoms. The highest BCUT2D eigenvalue weighted by Crippen LogP contribution is 2.28. The molecular formula is C15H10BrFN2O3S. The van der Waals surface area contributed by atoms with Crippen molar-refractivity contribution in [1.82, 2.24) is 4.98 Å². The van der Waals surface area contributed by atoms with Crippen molar-refractivity contribution in [2.75, 3.05) is 12.4 Å². The van der Waals surface area contributed by atoms with E-state index < -0.39 is 5.82 Å². The molecule has 3 aromatic rings. The summed E-state index contributed by atoms with van der Waals surface area (Å²) in [6, 6.07) is 6.14. The fourth-order valence-electron chi connectivity index (χ4n) is 1.89. The van der Waals surface area contributed by atoms with Crippen LogP contribution in [0.5, 0.6) is 5.75 Å². The van der Waals surface area contributed by atoms with Gasteiger partial charge in [-0.1, -0.05) is 0 Å². The third-order valence-electron chi connectivity index (χ3n) is 3.00. The molecule has 23 heavy (non-hydrogen) atoms. The molecule has 0 saturated carbocycles. The largest absolute Gasteiger partial charge is 0.494 e. The van der Waals surface area contributed by atoms with Gasteiger partial charge in [0.15, 0.2) is 21.4 Å². The minimum Gasteiger partial charge on any atom is -0.494 e. The van der Waals surface area contributed by atoms with Crippen molar-refractivity contribution in [2.45, 2.75) is 0 Å². The van der Waals surface area contributed by atoms with Crippen molar-refractivity contribution in [1.29, 1.82) is 0 Å². The fraction of sp³-hybridized carbons (Fsp3) is 0.0667. The molecule has 0 unspecified atom stereocenters. The number of anilines is 1. The summed E-state index contributed by atoms with van der Waals surface area (Å²) >= 11 is 4.38. The lowest BCUT2D eigenvalue weighted by Gasteiger charge is -2.03. The van der Waals surface area contributed by atoms with E-state index in [4.69, 9.17) is 9.15 Å². The van der Waals surface area contributed by atoms with E-state index >= 15 is 0 Å². The number of thiazole rings is 1.